The molecule has 0 spiro atoms. The zero-order valence-corrected chi connectivity index (χ0v) is 11.8. The average Bonchev–Trinajstić information content (AvgIpc) is 2.53. The molecular weight excluding hydrogens is 281 g/mol. The number of ether oxygens (including phenoxy) is 2. The van der Waals surface area contributed by atoms with Gasteiger partial charge in [-0.3, -0.25) is 0 Å². The Morgan fingerprint density at radius 3 is 2.00 bits per heavy atom. The molecule has 1 aliphatic heterocycles. The van der Waals surface area contributed by atoms with Crippen LogP contribution in [0, 0.1) is 23.4 Å². The molecule has 0 N–H and O–H groups in total. The van der Waals surface area contributed by atoms with Crippen molar-refractivity contribution in [3.8, 4) is 0 Å². The maximum absolute atomic E-state index is 13.3. The minimum atomic E-state index is -1.39. The molecule has 2 nitrogen and oxygen atoms in total. The molecule has 5 heteroatoms. The van der Waals surface area contributed by atoms with Crippen LogP contribution in [0.3, 0.4) is 0 Å². The largest absolute Gasteiger partial charge is 0.352 e. The van der Waals surface area contributed by atoms with Crippen LogP contribution in [0.15, 0.2) is 12.1 Å². The van der Waals surface area contributed by atoms with Crippen molar-refractivity contribution in [1.82, 2.24) is 0 Å². The third-order valence-electron chi connectivity index (χ3n) is 4.49. The van der Waals surface area contributed by atoms with Gasteiger partial charge in [-0.2, -0.15) is 0 Å². The summed E-state index contributed by atoms with van der Waals surface area (Å²) in [6, 6.07) is 2.24. The van der Waals surface area contributed by atoms with Gasteiger partial charge in [0.2, 0.25) is 0 Å². The van der Waals surface area contributed by atoms with E-state index in [0.717, 1.165) is 57.5 Å². The van der Waals surface area contributed by atoms with E-state index in [4.69, 9.17) is 9.47 Å². The standard InChI is InChI=1S/C16H19F3O2/c17-13-8-12(9-14(18)15(13)19)10-2-4-11(5-3-10)16-20-6-1-7-21-16/h8-11,16H,1-7H2. The van der Waals surface area contributed by atoms with E-state index in [1.165, 1.54) is 0 Å². The lowest BCUT2D eigenvalue weighted by Gasteiger charge is -2.35. The molecule has 21 heavy (non-hydrogen) atoms. The van der Waals surface area contributed by atoms with E-state index in [1.54, 1.807) is 0 Å². The molecule has 116 valence electrons. The fourth-order valence-corrected chi connectivity index (χ4v) is 3.31. The van der Waals surface area contributed by atoms with Gasteiger partial charge in [0.15, 0.2) is 23.7 Å². The predicted octanol–water partition coefficient (Wildman–Crippen LogP) is 4.14. The molecule has 0 atom stereocenters. The third-order valence-corrected chi connectivity index (χ3v) is 4.49. The monoisotopic (exact) mass is 300 g/mol. The lowest BCUT2D eigenvalue weighted by Crippen LogP contribution is -2.34. The van der Waals surface area contributed by atoms with Crippen molar-refractivity contribution in [1.29, 1.82) is 0 Å². The Hall–Kier alpha value is -1.07. The highest BCUT2D eigenvalue weighted by Crippen LogP contribution is 2.39. The summed E-state index contributed by atoms with van der Waals surface area (Å²) in [5.41, 5.74) is 0.551. The van der Waals surface area contributed by atoms with Crippen molar-refractivity contribution >= 4 is 0 Å². The van der Waals surface area contributed by atoms with Gasteiger partial charge in [-0.15, -0.1) is 0 Å². The maximum Gasteiger partial charge on any atom is 0.194 e. The summed E-state index contributed by atoms with van der Waals surface area (Å²) in [5, 5.41) is 0. The van der Waals surface area contributed by atoms with Gasteiger partial charge in [-0.25, -0.2) is 13.2 Å². The zero-order chi connectivity index (χ0) is 14.8. The number of hydrogen-bond donors (Lipinski definition) is 0. The van der Waals surface area contributed by atoms with E-state index in [2.05, 4.69) is 0 Å². The molecule has 3 rings (SSSR count). The first-order chi connectivity index (χ1) is 10.1. The van der Waals surface area contributed by atoms with E-state index in [0.29, 0.717) is 11.5 Å². The minimum Gasteiger partial charge on any atom is -0.352 e. The summed E-state index contributed by atoms with van der Waals surface area (Å²) < 4.78 is 50.9. The number of rotatable bonds is 2. The highest BCUT2D eigenvalue weighted by Gasteiger charge is 2.31. The Labute approximate surface area is 122 Å². The second-order valence-electron chi connectivity index (χ2n) is 5.87. The lowest BCUT2D eigenvalue weighted by atomic mass is 9.78. The van der Waals surface area contributed by atoms with Gasteiger partial charge in [-0.1, -0.05) is 0 Å². The van der Waals surface area contributed by atoms with Crippen LogP contribution in [0.5, 0.6) is 0 Å². The molecule has 1 aliphatic carbocycles. The van der Waals surface area contributed by atoms with E-state index in [1.807, 2.05) is 0 Å². The summed E-state index contributed by atoms with van der Waals surface area (Å²) in [4.78, 5) is 0. The predicted molar refractivity (Wildman–Crippen MR) is 71.3 cm³/mol. The van der Waals surface area contributed by atoms with Crippen molar-refractivity contribution in [3.05, 3.63) is 35.1 Å². The van der Waals surface area contributed by atoms with Crippen molar-refractivity contribution < 1.29 is 22.6 Å². The number of hydrogen-bond acceptors (Lipinski definition) is 2. The Morgan fingerprint density at radius 1 is 0.857 bits per heavy atom. The molecule has 1 heterocycles. The SMILES string of the molecule is Fc1cc(C2CCC(C3OCCCO3)CC2)cc(F)c1F. The third kappa shape index (κ3) is 3.24. The summed E-state index contributed by atoms with van der Waals surface area (Å²) in [7, 11) is 0. The van der Waals surface area contributed by atoms with E-state index in [9.17, 15) is 13.2 Å². The van der Waals surface area contributed by atoms with Crippen molar-refractivity contribution in [2.45, 2.75) is 44.3 Å². The molecule has 0 aromatic heterocycles. The second kappa shape index (κ2) is 6.36. The van der Waals surface area contributed by atoms with Crippen LogP contribution in [-0.2, 0) is 9.47 Å². The van der Waals surface area contributed by atoms with Crippen LogP contribution < -0.4 is 0 Å². The normalized spacial score (nSPS) is 27.8. The van der Waals surface area contributed by atoms with Crippen LogP contribution in [0.1, 0.15) is 43.6 Å². The Morgan fingerprint density at radius 2 is 1.43 bits per heavy atom. The van der Waals surface area contributed by atoms with Crippen LogP contribution in [0.2, 0.25) is 0 Å². The summed E-state index contributed by atoms with van der Waals surface area (Å²) in [6.45, 7) is 1.47. The second-order valence-corrected chi connectivity index (χ2v) is 5.87. The Balaban J connectivity index is 1.63. The van der Waals surface area contributed by atoms with Gasteiger partial charge < -0.3 is 9.47 Å². The quantitative estimate of drug-likeness (QED) is 0.764. The first-order valence-electron chi connectivity index (χ1n) is 7.53. The molecule has 1 saturated heterocycles. The highest BCUT2D eigenvalue weighted by atomic mass is 19.2. The van der Waals surface area contributed by atoms with Crippen molar-refractivity contribution in [2.24, 2.45) is 5.92 Å². The fraction of sp³-hybridized carbons (Fsp3) is 0.625. The summed E-state index contributed by atoms with van der Waals surface area (Å²) in [6.07, 6.45) is 4.23. The molecule has 1 saturated carbocycles. The van der Waals surface area contributed by atoms with Gasteiger partial charge >= 0.3 is 0 Å². The molecule has 1 aromatic carbocycles. The smallest absolute Gasteiger partial charge is 0.194 e. The van der Waals surface area contributed by atoms with Crippen LogP contribution in [-0.4, -0.2) is 19.5 Å². The number of halogens is 3. The molecule has 0 amide bonds. The van der Waals surface area contributed by atoms with Crippen molar-refractivity contribution in [3.63, 3.8) is 0 Å². The summed E-state index contributed by atoms with van der Waals surface area (Å²) in [5.74, 6) is -3.18. The molecular formula is C16H19F3O2. The summed E-state index contributed by atoms with van der Waals surface area (Å²) >= 11 is 0. The Kier molecular flexibility index (Phi) is 4.50. The van der Waals surface area contributed by atoms with E-state index >= 15 is 0 Å². The van der Waals surface area contributed by atoms with Crippen LogP contribution in [0.25, 0.3) is 0 Å². The molecule has 2 fully saturated rings. The molecule has 0 unspecified atom stereocenters. The molecule has 0 radical (unpaired) electrons. The van der Waals surface area contributed by atoms with Gasteiger partial charge in [0.25, 0.3) is 0 Å². The van der Waals surface area contributed by atoms with Gasteiger partial charge in [0.1, 0.15) is 0 Å². The zero-order valence-electron chi connectivity index (χ0n) is 11.8. The van der Waals surface area contributed by atoms with E-state index < -0.39 is 17.5 Å². The van der Waals surface area contributed by atoms with Crippen LogP contribution >= 0.6 is 0 Å². The Bertz CT molecular complexity index is 469. The van der Waals surface area contributed by atoms with Crippen molar-refractivity contribution in [2.75, 3.05) is 13.2 Å². The lowest BCUT2D eigenvalue weighted by molar-refractivity contribution is -0.209. The average molecular weight is 300 g/mol. The van der Waals surface area contributed by atoms with Gasteiger partial charge in [-0.05, 0) is 55.7 Å². The fourth-order valence-electron chi connectivity index (χ4n) is 3.31. The van der Waals surface area contributed by atoms with Gasteiger partial charge in [0, 0.05) is 5.92 Å². The van der Waals surface area contributed by atoms with E-state index in [-0.39, 0.29) is 12.2 Å². The number of benzene rings is 1. The van der Waals surface area contributed by atoms with Gasteiger partial charge in [0.05, 0.1) is 13.2 Å². The first kappa shape index (κ1) is 14.9. The minimum absolute atomic E-state index is 0.0782. The van der Waals surface area contributed by atoms with Crippen LogP contribution in [0.4, 0.5) is 13.2 Å². The topological polar surface area (TPSA) is 18.5 Å². The molecule has 2 aliphatic rings. The first-order valence-corrected chi connectivity index (χ1v) is 7.53. The molecule has 1 aromatic rings. The molecule has 0 bridgehead atoms. The maximum atomic E-state index is 13.3. The highest BCUT2D eigenvalue weighted by molar-refractivity contribution is 5.23.